The molecule has 0 atom stereocenters. The van der Waals surface area contributed by atoms with Crippen LogP contribution >= 0.6 is 31.9 Å². The van der Waals surface area contributed by atoms with E-state index < -0.39 is 0 Å². The van der Waals surface area contributed by atoms with Crippen molar-refractivity contribution in [2.75, 3.05) is 0 Å². The number of nitrogens with one attached hydrogen (secondary N) is 1. The fraction of sp³-hybridized carbons (Fsp3) is 0.125. The van der Waals surface area contributed by atoms with Crippen molar-refractivity contribution in [3.63, 3.8) is 0 Å². The summed E-state index contributed by atoms with van der Waals surface area (Å²) in [5.41, 5.74) is 2.89. The van der Waals surface area contributed by atoms with Crippen LogP contribution in [0.1, 0.15) is 28.5 Å². The Morgan fingerprint density at radius 1 is 1.32 bits per heavy atom. The van der Waals surface area contributed by atoms with E-state index >= 15 is 0 Å². The van der Waals surface area contributed by atoms with Crippen LogP contribution in [0.3, 0.4) is 0 Å². The zero-order valence-corrected chi connectivity index (χ0v) is 14.8. The van der Waals surface area contributed by atoms with Gasteiger partial charge >= 0.3 is 0 Å². The van der Waals surface area contributed by atoms with Gasteiger partial charge in [-0.15, -0.1) is 0 Å². The average Bonchev–Trinajstić information content (AvgIpc) is 2.89. The number of pyridine rings is 1. The van der Waals surface area contributed by atoms with Gasteiger partial charge in [0, 0.05) is 22.8 Å². The molecule has 0 aliphatic carbocycles. The number of nitrogens with zero attached hydrogens (tertiary/aromatic N) is 1. The number of fused-ring (bicyclic) bond motifs is 1. The predicted octanol–water partition coefficient (Wildman–Crippen LogP) is 4.59. The minimum atomic E-state index is -0.0873. The number of ketones is 1. The van der Waals surface area contributed by atoms with E-state index in [1.54, 1.807) is 24.5 Å². The minimum Gasteiger partial charge on any atom is -0.506 e. The summed E-state index contributed by atoms with van der Waals surface area (Å²) in [5, 5.41) is 10.7. The molecule has 0 bridgehead atoms. The predicted molar refractivity (Wildman–Crippen MR) is 92.4 cm³/mol. The van der Waals surface area contributed by atoms with Gasteiger partial charge in [-0.3, -0.25) is 9.78 Å². The molecule has 0 aliphatic heterocycles. The number of aromatic amines is 1. The van der Waals surface area contributed by atoms with Crippen LogP contribution in [0.2, 0.25) is 0 Å². The number of H-pyrrole nitrogens is 1. The van der Waals surface area contributed by atoms with E-state index in [2.05, 4.69) is 41.8 Å². The Bertz CT molecular complexity index is 864. The number of aromatic nitrogens is 2. The van der Waals surface area contributed by atoms with Gasteiger partial charge in [0.05, 0.1) is 26.2 Å². The summed E-state index contributed by atoms with van der Waals surface area (Å²) in [6, 6.07) is 5.09. The van der Waals surface area contributed by atoms with Gasteiger partial charge in [-0.1, -0.05) is 6.92 Å². The topological polar surface area (TPSA) is 66.0 Å². The van der Waals surface area contributed by atoms with E-state index in [4.69, 9.17) is 0 Å². The third kappa shape index (κ3) is 2.46. The number of benzene rings is 1. The maximum Gasteiger partial charge on any atom is 0.195 e. The van der Waals surface area contributed by atoms with E-state index in [1.807, 2.05) is 13.0 Å². The molecule has 0 amide bonds. The first-order valence-corrected chi connectivity index (χ1v) is 8.28. The Morgan fingerprint density at radius 3 is 2.64 bits per heavy atom. The maximum atomic E-state index is 13.0. The van der Waals surface area contributed by atoms with Crippen LogP contribution in [-0.4, -0.2) is 20.9 Å². The molecule has 2 heterocycles. The van der Waals surface area contributed by atoms with Gasteiger partial charge < -0.3 is 10.1 Å². The van der Waals surface area contributed by atoms with Crippen molar-refractivity contribution >= 4 is 48.5 Å². The molecule has 2 aromatic heterocycles. The summed E-state index contributed by atoms with van der Waals surface area (Å²) in [4.78, 5) is 20.3. The second kappa shape index (κ2) is 5.85. The standard InChI is InChI=1S/C16H12Br2N2O2/c1-2-12-14(9-3-4-19-7-13(9)20-12)15(21)8-5-10(17)16(22)11(18)6-8/h3-7,20,22H,2H2,1H3. The van der Waals surface area contributed by atoms with Crippen molar-refractivity contribution in [3.8, 4) is 5.75 Å². The normalized spacial score (nSPS) is 11.0. The lowest BCUT2D eigenvalue weighted by atomic mass is 9.99. The first kappa shape index (κ1) is 15.2. The Balaban J connectivity index is 2.21. The van der Waals surface area contributed by atoms with Crippen LogP contribution in [0.25, 0.3) is 10.9 Å². The van der Waals surface area contributed by atoms with Gasteiger partial charge in [-0.2, -0.15) is 0 Å². The van der Waals surface area contributed by atoms with E-state index in [0.717, 1.165) is 23.0 Å². The molecule has 22 heavy (non-hydrogen) atoms. The third-order valence-electron chi connectivity index (χ3n) is 3.54. The zero-order valence-electron chi connectivity index (χ0n) is 11.7. The highest BCUT2D eigenvalue weighted by Gasteiger charge is 2.20. The summed E-state index contributed by atoms with van der Waals surface area (Å²) in [6.07, 6.45) is 4.11. The number of hydrogen-bond acceptors (Lipinski definition) is 3. The SMILES string of the molecule is CCc1[nH]c2cnccc2c1C(=O)c1cc(Br)c(O)c(Br)c1. The zero-order chi connectivity index (χ0) is 15.9. The van der Waals surface area contributed by atoms with E-state index in [1.165, 1.54) is 0 Å². The van der Waals surface area contributed by atoms with Crippen LogP contribution in [-0.2, 0) is 6.42 Å². The average molecular weight is 424 g/mol. The minimum absolute atomic E-state index is 0.0791. The second-order valence-electron chi connectivity index (χ2n) is 4.87. The van der Waals surface area contributed by atoms with Gasteiger partial charge in [0.2, 0.25) is 0 Å². The molecule has 0 radical (unpaired) electrons. The summed E-state index contributed by atoms with van der Waals surface area (Å²) < 4.78 is 0.953. The van der Waals surface area contributed by atoms with Gasteiger partial charge in [0.1, 0.15) is 5.75 Å². The number of halogens is 2. The highest BCUT2D eigenvalue weighted by atomic mass is 79.9. The summed E-state index contributed by atoms with van der Waals surface area (Å²) >= 11 is 6.53. The fourth-order valence-electron chi connectivity index (χ4n) is 2.47. The van der Waals surface area contributed by atoms with Crippen LogP contribution in [0.5, 0.6) is 5.75 Å². The molecule has 112 valence electrons. The Hall–Kier alpha value is -1.66. The number of carbonyl (C=O) groups excluding carboxylic acids is 1. The van der Waals surface area contributed by atoms with Crippen molar-refractivity contribution in [2.24, 2.45) is 0 Å². The monoisotopic (exact) mass is 422 g/mol. The van der Waals surface area contributed by atoms with Gasteiger partial charge in [-0.25, -0.2) is 0 Å². The number of phenolic OH excluding ortho intramolecular Hbond substituents is 1. The first-order valence-electron chi connectivity index (χ1n) is 6.70. The lowest BCUT2D eigenvalue weighted by molar-refractivity contribution is 0.103. The molecule has 4 nitrogen and oxygen atoms in total. The van der Waals surface area contributed by atoms with Crippen molar-refractivity contribution in [2.45, 2.75) is 13.3 Å². The molecule has 6 heteroatoms. The Labute approximate surface area is 143 Å². The van der Waals surface area contributed by atoms with Crippen LogP contribution in [0.15, 0.2) is 39.5 Å². The van der Waals surface area contributed by atoms with Crippen molar-refractivity contribution < 1.29 is 9.90 Å². The molecule has 0 unspecified atom stereocenters. The number of rotatable bonds is 3. The van der Waals surface area contributed by atoms with Crippen LogP contribution < -0.4 is 0 Å². The molecule has 1 aromatic carbocycles. The molecular weight excluding hydrogens is 412 g/mol. The molecule has 2 N–H and O–H groups in total. The maximum absolute atomic E-state index is 13.0. The first-order chi connectivity index (χ1) is 10.5. The van der Waals surface area contributed by atoms with E-state index in [9.17, 15) is 9.90 Å². The van der Waals surface area contributed by atoms with Gasteiger partial charge in [0.15, 0.2) is 5.78 Å². The van der Waals surface area contributed by atoms with Crippen molar-refractivity contribution in [1.82, 2.24) is 9.97 Å². The van der Waals surface area contributed by atoms with Crippen molar-refractivity contribution in [1.29, 1.82) is 0 Å². The van der Waals surface area contributed by atoms with Crippen molar-refractivity contribution in [3.05, 3.63) is 56.4 Å². The largest absolute Gasteiger partial charge is 0.506 e. The quantitative estimate of drug-likeness (QED) is 0.605. The Morgan fingerprint density at radius 2 is 2.00 bits per heavy atom. The lowest BCUT2D eigenvalue weighted by Gasteiger charge is -2.06. The molecule has 0 saturated carbocycles. The number of aromatic hydroxyl groups is 1. The van der Waals surface area contributed by atoms with E-state index in [-0.39, 0.29) is 11.5 Å². The molecule has 3 aromatic rings. The second-order valence-corrected chi connectivity index (χ2v) is 6.58. The highest BCUT2D eigenvalue weighted by Crippen LogP contribution is 2.35. The number of hydrogen-bond donors (Lipinski definition) is 2. The Kier molecular flexibility index (Phi) is 4.06. The van der Waals surface area contributed by atoms with E-state index in [0.29, 0.717) is 20.1 Å². The molecule has 0 aliphatic rings. The van der Waals surface area contributed by atoms with Gasteiger partial charge in [0.25, 0.3) is 0 Å². The number of phenols is 1. The molecule has 0 fully saturated rings. The van der Waals surface area contributed by atoms with Gasteiger partial charge in [-0.05, 0) is 56.5 Å². The van der Waals surface area contributed by atoms with Crippen LogP contribution in [0, 0.1) is 0 Å². The fourth-order valence-corrected chi connectivity index (χ4v) is 3.65. The molecule has 0 saturated heterocycles. The lowest BCUT2D eigenvalue weighted by Crippen LogP contribution is -2.04. The summed E-state index contributed by atoms with van der Waals surface area (Å²) in [5.74, 6) is -0.00825. The summed E-state index contributed by atoms with van der Waals surface area (Å²) in [6.45, 7) is 2.00. The smallest absolute Gasteiger partial charge is 0.195 e. The molecule has 3 rings (SSSR count). The van der Waals surface area contributed by atoms with Crippen LogP contribution in [0.4, 0.5) is 0 Å². The molecule has 0 spiro atoms. The third-order valence-corrected chi connectivity index (χ3v) is 4.75. The molecular formula is C16H12Br2N2O2. The number of carbonyl (C=O) groups is 1. The number of aryl methyl sites for hydroxylation is 1. The summed E-state index contributed by atoms with van der Waals surface area (Å²) in [7, 11) is 0. The highest BCUT2D eigenvalue weighted by molar-refractivity contribution is 9.11.